The number of thiophene rings is 1. The van der Waals surface area contributed by atoms with Gasteiger partial charge in [0.1, 0.15) is 0 Å². The lowest BCUT2D eigenvalue weighted by Gasteiger charge is -2.19. The van der Waals surface area contributed by atoms with Gasteiger partial charge in [0.05, 0.1) is 23.1 Å². The van der Waals surface area contributed by atoms with Gasteiger partial charge in [-0.15, -0.1) is 11.3 Å². The van der Waals surface area contributed by atoms with Crippen molar-refractivity contribution in [2.75, 3.05) is 21.3 Å². The van der Waals surface area contributed by atoms with Crippen LogP contribution >= 0.6 is 45.5 Å². The summed E-state index contributed by atoms with van der Waals surface area (Å²) in [5.41, 5.74) is 2.16. The zero-order valence-corrected chi connectivity index (χ0v) is 15.1. The first-order valence-electron chi connectivity index (χ1n) is 5.93. The summed E-state index contributed by atoms with van der Waals surface area (Å²) in [5, 5.41) is 6.09. The smallest absolute Gasteiger partial charge is 0.162 e. The molecule has 0 saturated carbocycles. The minimum Gasteiger partial charge on any atom is -0.493 e. The van der Waals surface area contributed by atoms with Crippen LogP contribution in [0.2, 0.25) is 5.02 Å². The Kier molecular flexibility index (Phi) is 5.54. The fourth-order valence-electron chi connectivity index (χ4n) is 2.07. The zero-order valence-electron chi connectivity index (χ0n) is 11.4. The van der Waals surface area contributed by atoms with E-state index in [1.165, 1.54) is 8.45 Å². The molecule has 1 unspecified atom stereocenters. The van der Waals surface area contributed by atoms with Crippen LogP contribution in [0.1, 0.15) is 17.2 Å². The van der Waals surface area contributed by atoms with Crippen LogP contribution in [0.15, 0.2) is 23.6 Å². The van der Waals surface area contributed by atoms with Gasteiger partial charge in [0.2, 0.25) is 0 Å². The molecule has 1 N–H and O–H groups in total. The Hall–Kier alpha value is -0.500. The molecule has 2 aromatic rings. The van der Waals surface area contributed by atoms with Gasteiger partial charge in [0.25, 0.3) is 0 Å². The van der Waals surface area contributed by atoms with Gasteiger partial charge in [0, 0.05) is 11.1 Å². The molecular weight excluding hydrogens is 409 g/mol. The number of benzene rings is 1. The van der Waals surface area contributed by atoms with Crippen LogP contribution in [0.3, 0.4) is 0 Å². The lowest BCUT2D eigenvalue weighted by molar-refractivity contribution is 0.354. The lowest BCUT2D eigenvalue weighted by Crippen LogP contribution is -2.17. The minimum absolute atomic E-state index is 0.0297. The predicted octanol–water partition coefficient (Wildman–Crippen LogP) is 4.33. The second-order valence-corrected chi connectivity index (χ2v) is 7.35. The maximum absolute atomic E-state index is 6.39. The van der Waals surface area contributed by atoms with E-state index >= 15 is 0 Å². The fourth-order valence-corrected chi connectivity index (χ4v) is 3.73. The summed E-state index contributed by atoms with van der Waals surface area (Å²) in [5.74, 6) is 1.31. The van der Waals surface area contributed by atoms with Crippen molar-refractivity contribution in [1.29, 1.82) is 0 Å². The van der Waals surface area contributed by atoms with Crippen molar-refractivity contribution >= 4 is 45.5 Å². The van der Waals surface area contributed by atoms with Crippen LogP contribution in [0.4, 0.5) is 0 Å². The number of ether oxygens (including phenoxy) is 2. The molecule has 0 amide bonds. The normalized spacial score (nSPS) is 12.2. The van der Waals surface area contributed by atoms with Gasteiger partial charge in [-0.3, -0.25) is 0 Å². The van der Waals surface area contributed by atoms with Gasteiger partial charge < -0.3 is 14.8 Å². The zero-order chi connectivity index (χ0) is 14.7. The molecule has 108 valence electrons. The standard InChI is InChI=1S/C14H15ClINO2S/c1-17-14(8-4-13(16)20-7-8)9-5-11(18-2)12(19-3)6-10(9)15/h4-7,14,17H,1-3H3. The second kappa shape index (κ2) is 6.98. The SMILES string of the molecule is CNC(c1csc(I)c1)c1cc(OC)c(OC)cc1Cl. The molecule has 1 heterocycles. The van der Waals surface area contributed by atoms with E-state index in [1.807, 2.05) is 13.1 Å². The van der Waals surface area contributed by atoms with Crippen molar-refractivity contribution in [2.24, 2.45) is 0 Å². The van der Waals surface area contributed by atoms with Crippen molar-refractivity contribution < 1.29 is 9.47 Å². The molecule has 0 saturated heterocycles. The van der Waals surface area contributed by atoms with E-state index in [2.05, 4.69) is 39.4 Å². The van der Waals surface area contributed by atoms with Crippen LogP contribution < -0.4 is 14.8 Å². The summed E-state index contributed by atoms with van der Waals surface area (Å²) in [6, 6.07) is 5.89. The molecule has 20 heavy (non-hydrogen) atoms. The Balaban J connectivity index is 2.49. The van der Waals surface area contributed by atoms with Gasteiger partial charge in [0.15, 0.2) is 11.5 Å². The third kappa shape index (κ3) is 3.21. The monoisotopic (exact) mass is 423 g/mol. The molecule has 0 bridgehead atoms. The Labute approximate surface area is 141 Å². The van der Waals surface area contributed by atoms with Crippen LogP contribution in [0, 0.1) is 2.88 Å². The van der Waals surface area contributed by atoms with Crippen molar-refractivity contribution in [3.8, 4) is 11.5 Å². The Morgan fingerprint density at radius 2 is 1.85 bits per heavy atom. The maximum Gasteiger partial charge on any atom is 0.162 e. The predicted molar refractivity (Wildman–Crippen MR) is 92.5 cm³/mol. The number of methoxy groups -OCH3 is 2. The third-order valence-electron chi connectivity index (χ3n) is 3.02. The molecule has 0 aliphatic carbocycles. The van der Waals surface area contributed by atoms with Crippen LogP contribution in [0.5, 0.6) is 11.5 Å². The Bertz CT molecular complexity index is 603. The number of nitrogens with one attached hydrogen (secondary N) is 1. The molecule has 2 rings (SSSR count). The van der Waals surface area contributed by atoms with E-state index in [9.17, 15) is 0 Å². The van der Waals surface area contributed by atoms with Gasteiger partial charge in [-0.2, -0.15) is 0 Å². The highest BCUT2D eigenvalue weighted by Gasteiger charge is 2.19. The van der Waals surface area contributed by atoms with E-state index in [-0.39, 0.29) is 6.04 Å². The molecule has 0 aliphatic rings. The molecule has 0 spiro atoms. The first-order valence-corrected chi connectivity index (χ1v) is 8.27. The van der Waals surface area contributed by atoms with E-state index < -0.39 is 0 Å². The summed E-state index contributed by atoms with van der Waals surface area (Å²) in [4.78, 5) is 0. The highest BCUT2D eigenvalue weighted by molar-refractivity contribution is 14.1. The summed E-state index contributed by atoms with van der Waals surface area (Å²) < 4.78 is 11.9. The summed E-state index contributed by atoms with van der Waals surface area (Å²) in [6.45, 7) is 0. The summed E-state index contributed by atoms with van der Waals surface area (Å²) >= 11 is 10.4. The highest BCUT2D eigenvalue weighted by Crippen LogP contribution is 2.38. The summed E-state index contributed by atoms with van der Waals surface area (Å²) in [6.07, 6.45) is 0. The average molecular weight is 424 g/mol. The highest BCUT2D eigenvalue weighted by atomic mass is 127. The quantitative estimate of drug-likeness (QED) is 0.726. The molecule has 3 nitrogen and oxygen atoms in total. The molecule has 0 fully saturated rings. The second-order valence-electron chi connectivity index (χ2n) is 4.13. The van der Waals surface area contributed by atoms with Gasteiger partial charge in [-0.1, -0.05) is 11.6 Å². The van der Waals surface area contributed by atoms with Gasteiger partial charge in [-0.25, -0.2) is 0 Å². The number of halogens is 2. The van der Waals surface area contributed by atoms with Crippen molar-refractivity contribution in [3.05, 3.63) is 42.6 Å². The number of rotatable bonds is 5. The first kappa shape index (κ1) is 15.9. The minimum atomic E-state index is 0.0297. The number of hydrogen-bond donors (Lipinski definition) is 1. The Morgan fingerprint density at radius 1 is 1.20 bits per heavy atom. The first-order chi connectivity index (χ1) is 9.60. The van der Waals surface area contributed by atoms with Crippen LogP contribution in [-0.2, 0) is 0 Å². The fraction of sp³-hybridized carbons (Fsp3) is 0.286. The molecule has 1 atom stereocenters. The molecule has 0 radical (unpaired) electrons. The molecular formula is C14H15ClINO2S. The van der Waals surface area contributed by atoms with Crippen LogP contribution in [-0.4, -0.2) is 21.3 Å². The van der Waals surface area contributed by atoms with Crippen molar-refractivity contribution in [2.45, 2.75) is 6.04 Å². The topological polar surface area (TPSA) is 30.5 Å². The molecule has 6 heteroatoms. The number of hydrogen-bond acceptors (Lipinski definition) is 4. The van der Waals surface area contributed by atoms with Crippen LogP contribution in [0.25, 0.3) is 0 Å². The van der Waals surface area contributed by atoms with E-state index in [1.54, 1.807) is 31.6 Å². The van der Waals surface area contributed by atoms with Gasteiger partial charge in [-0.05, 0) is 58.3 Å². The van der Waals surface area contributed by atoms with Crippen molar-refractivity contribution in [3.63, 3.8) is 0 Å². The van der Waals surface area contributed by atoms with Gasteiger partial charge >= 0.3 is 0 Å². The van der Waals surface area contributed by atoms with E-state index in [0.717, 1.165) is 5.56 Å². The maximum atomic E-state index is 6.39. The third-order valence-corrected chi connectivity index (χ3v) is 5.16. The molecule has 1 aromatic carbocycles. The molecule has 0 aliphatic heterocycles. The van der Waals surface area contributed by atoms with E-state index in [0.29, 0.717) is 16.5 Å². The van der Waals surface area contributed by atoms with Crippen molar-refractivity contribution in [1.82, 2.24) is 5.32 Å². The Morgan fingerprint density at radius 3 is 2.35 bits per heavy atom. The largest absolute Gasteiger partial charge is 0.493 e. The summed E-state index contributed by atoms with van der Waals surface area (Å²) in [7, 11) is 5.14. The van der Waals surface area contributed by atoms with E-state index in [4.69, 9.17) is 21.1 Å². The lowest BCUT2D eigenvalue weighted by atomic mass is 10.0. The molecule has 1 aromatic heterocycles. The average Bonchev–Trinajstić information content (AvgIpc) is 2.87.